The highest BCUT2D eigenvalue weighted by Crippen LogP contribution is 1.99. The molecule has 14 heavy (non-hydrogen) atoms. The van der Waals surface area contributed by atoms with Gasteiger partial charge in [0.15, 0.2) is 0 Å². The van der Waals surface area contributed by atoms with Crippen LogP contribution in [0, 0.1) is 0 Å². The molecule has 0 aliphatic carbocycles. The zero-order chi connectivity index (χ0) is 11.0. The van der Waals surface area contributed by atoms with Gasteiger partial charge in [-0.15, -0.1) is 0 Å². The topological polar surface area (TPSA) is 47.6 Å². The molecule has 0 heterocycles. The van der Waals surface area contributed by atoms with Gasteiger partial charge in [-0.05, 0) is 20.4 Å². The Morgan fingerprint density at radius 2 is 2.21 bits per heavy atom. The molecular weight excluding hydrogens is 182 g/mol. The average Bonchev–Trinajstić information content (AvgIpc) is 2.12. The maximum absolute atomic E-state index is 11.0. The summed E-state index contributed by atoms with van der Waals surface area (Å²) in [5.74, 6) is -0.416. The summed E-state index contributed by atoms with van der Waals surface area (Å²) < 4.78 is 10.1. The minimum atomic E-state index is -0.516. The monoisotopic (exact) mass is 201 g/mol. The Bertz CT molecular complexity index is 192. The first kappa shape index (κ1) is 13.1. The molecule has 1 N–H and O–H groups in total. The van der Waals surface area contributed by atoms with Crippen molar-refractivity contribution in [2.45, 2.75) is 27.1 Å². The Morgan fingerprint density at radius 3 is 2.71 bits per heavy atom. The molecule has 0 rings (SSSR count). The third kappa shape index (κ3) is 6.62. The fraction of sp³-hybridized carbons (Fsp3) is 0.700. The summed E-state index contributed by atoms with van der Waals surface area (Å²) >= 11 is 0. The maximum atomic E-state index is 11.0. The van der Waals surface area contributed by atoms with Gasteiger partial charge in [0.2, 0.25) is 6.29 Å². The molecule has 0 aromatic rings. The molecule has 0 aromatic heterocycles. The van der Waals surface area contributed by atoms with Gasteiger partial charge in [0, 0.05) is 12.1 Å². The first-order valence-corrected chi connectivity index (χ1v) is 4.76. The van der Waals surface area contributed by atoms with Crippen molar-refractivity contribution in [3.05, 3.63) is 12.2 Å². The summed E-state index contributed by atoms with van der Waals surface area (Å²) in [7, 11) is 0. The molecule has 0 spiro atoms. The molecule has 4 nitrogen and oxygen atoms in total. The predicted molar refractivity (Wildman–Crippen MR) is 54.9 cm³/mol. The van der Waals surface area contributed by atoms with E-state index in [1.165, 1.54) is 0 Å². The normalized spacial score (nSPS) is 12.2. The predicted octanol–water partition coefficient (Wildman–Crippen LogP) is 1.08. The highest BCUT2D eigenvalue weighted by molar-refractivity contribution is 5.86. The Balaban J connectivity index is 3.50. The van der Waals surface area contributed by atoms with E-state index in [0.717, 1.165) is 13.1 Å². The Labute approximate surface area is 85.3 Å². The Morgan fingerprint density at radius 1 is 1.57 bits per heavy atom. The summed E-state index contributed by atoms with van der Waals surface area (Å²) in [6.07, 6.45) is -0.516. The number of rotatable bonds is 7. The van der Waals surface area contributed by atoms with Crippen LogP contribution in [0.1, 0.15) is 20.8 Å². The third-order valence-corrected chi connectivity index (χ3v) is 1.50. The molecule has 0 saturated heterocycles. The lowest BCUT2D eigenvalue weighted by Crippen LogP contribution is -2.24. The summed E-state index contributed by atoms with van der Waals surface area (Å²) in [5, 5.41) is 3.10. The smallest absolute Gasteiger partial charge is 0.335 e. The van der Waals surface area contributed by atoms with Crippen LogP contribution in [-0.4, -0.2) is 32.0 Å². The number of likely N-dealkylation sites (N-methyl/N-ethyl adjacent to an activating group) is 1. The van der Waals surface area contributed by atoms with Crippen molar-refractivity contribution in [3.63, 3.8) is 0 Å². The Hall–Kier alpha value is -0.870. The summed E-state index contributed by atoms with van der Waals surface area (Å²) in [6.45, 7) is 11.0. The lowest BCUT2D eigenvalue weighted by molar-refractivity contribution is -0.169. The van der Waals surface area contributed by atoms with E-state index in [4.69, 9.17) is 9.47 Å². The molecule has 0 radical (unpaired) electrons. The van der Waals surface area contributed by atoms with Crippen molar-refractivity contribution < 1.29 is 14.3 Å². The van der Waals surface area contributed by atoms with E-state index < -0.39 is 12.3 Å². The molecule has 1 unspecified atom stereocenters. The van der Waals surface area contributed by atoms with Crippen LogP contribution in [0.15, 0.2) is 12.2 Å². The first-order valence-electron chi connectivity index (χ1n) is 4.76. The third-order valence-electron chi connectivity index (χ3n) is 1.50. The van der Waals surface area contributed by atoms with Gasteiger partial charge in [0.25, 0.3) is 0 Å². The second kappa shape index (κ2) is 7.53. The zero-order valence-electron chi connectivity index (χ0n) is 9.13. The number of ether oxygens (including phenoxy) is 2. The molecule has 4 heteroatoms. The summed E-state index contributed by atoms with van der Waals surface area (Å²) in [6, 6.07) is 0. The largest absolute Gasteiger partial charge is 0.433 e. The highest BCUT2D eigenvalue weighted by Gasteiger charge is 2.09. The van der Waals surface area contributed by atoms with Crippen LogP contribution >= 0.6 is 0 Å². The molecular formula is C10H19NO3. The quantitative estimate of drug-likeness (QED) is 0.290. The highest BCUT2D eigenvalue weighted by atomic mass is 16.7. The number of hydrogen-bond acceptors (Lipinski definition) is 4. The van der Waals surface area contributed by atoms with Crippen LogP contribution in [-0.2, 0) is 14.3 Å². The van der Waals surface area contributed by atoms with Gasteiger partial charge >= 0.3 is 5.97 Å². The lowest BCUT2D eigenvalue weighted by atomic mass is 10.4. The van der Waals surface area contributed by atoms with Crippen LogP contribution in [0.3, 0.4) is 0 Å². The fourth-order valence-corrected chi connectivity index (χ4v) is 0.759. The lowest BCUT2D eigenvalue weighted by Gasteiger charge is -2.13. The standard InChI is InChI=1S/C10H19NO3/c1-5-11-6-7-13-9(4)14-10(12)8(2)3/h9,11H,2,5-7H2,1,3-4H3. The van der Waals surface area contributed by atoms with E-state index in [9.17, 15) is 4.79 Å². The van der Waals surface area contributed by atoms with Crippen LogP contribution in [0.5, 0.6) is 0 Å². The van der Waals surface area contributed by atoms with Crippen molar-refractivity contribution >= 4 is 5.97 Å². The molecule has 1 atom stereocenters. The molecule has 0 amide bonds. The molecule has 82 valence electrons. The number of nitrogens with one attached hydrogen (secondary N) is 1. The molecule has 0 aliphatic rings. The maximum Gasteiger partial charge on any atom is 0.335 e. The van der Waals surface area contributed by atoms with Crippen LogP contribution in [0.4, 0.5) is 0 Å². The van der Waals surface area contributed by atoms with Gasteiger partial charge in [-0.3, -0.25) is 0 Å². The van der Waals surface area contributed by atoms with Gasteiger partial charge in [-0.25, -0.2) is 4.79 Å². The van der Waals surface area contributed by atoms with Gasteiger partial charge in [-0.1, -0.05) is 13.5 Å². The van der Waals surface area contributed by atoms with E-state index in [1.54, 1.807) is 13.8 Å². The second-order valence-corrected chi connectivity index (χ2v) is 2.98. The van der Waals surface area contributed by atoms with E-state index >= 15 is 0 Å². The van der Waals surface area contributed by atoms with Crippen molar-refractivity contribution in [1.29, 1.82) is 0 Å². The number of carbonyl (C=O) groups is 1. The average molecular weight is 201 g/mol. The number of hydrogen-bond donors (Lipinski definition) is 1. The van der Waals surface area contributed by atoms with Crippen molar-refractivity contribution in [2.24, 2.45) is 0 Å². The molecule has 0 bridgehead atoms. The fourth-order valence-electron chi connectivity index (χ4n) is 0.759. The SMILES string of the molecule is C=C(C)C(=O)OC(C)OCCNCC. The molecule has 0 saturated carbocycles. The van der Waals surface area contributed by atoms with E-state index in [2.05, 4.69) is 11.9 Å². The van der Waals surface area contributed by atoms with Crippen molar-refractivity contribution in [2.75, 3.05) is 19.7 Å². The number of esters is 1. The number of carbonyl (C=O) groups excluding carboxylic acids is 1. The zero-order valence-corrected chi connectivity index (χ0v) is 9.13. The summed E-state index contributed by atoms with van der Waals surface area (Å²) in [5.41, 5.74) is 0.382. The van der Waals surface area contributed by atoms with Gasteiger partial charge in [-0.2, -0.15) is 0 Å². The minimum Gasteiger partial charge on any atom is -0.433 e. The minimum absolute atomic E-state index is 0.382. The van der Waals surface area contributed by atoms with Crippen LogP contribution < -0.4 is 5.32 Å². The molecule has 0 aromatic carbocycles. The van der Waals surface area contributed by atoms with Crippen molar-refractivity contribution in [1.82, 2.24) is 5.32 Å². The van der Waals surface area contributed by atoms with E-state index in [-0.39, 0.29) is 0 Å². The first-order chi connectivity index (χ1) is 6.57. The van der Waals surface area contributed by atoms with Crippen molar-refractivity contribution in [3.8, 4) is 0 Å². The van der Waals surface area contributed by atoms with E-state index in [1.807, 2.05) is 6.92 Å². The van der Waals surface area contributed by atoms with Crippen LogP contribution in [0.25, 0.3) is 0 Å². The molecule has 0 fully saturated rings. The Kier molecular flexibility index (Phi) is 7.06. The van der Waals surface area contributed by atoms with E-state index in [0.29, 0.717) is 12.2 Å². The van der Waals surface area contributed by atoms with Gasteiger partial charge in [0.05, 0.1) is 6.61 Å². The van der Waals surface area contributed by atoms with Crippen LogP contribution in [0.2, 0.25) is 0 Å². The molecule has 0 aliphatic heterocycles. The van der Waals surface area contributed by atoms with Gasteiger partial charge in [0.1, 0.15) is 0 Å². The summed E-state index contributed by atoms with van der Waals surface area (Å²) in [4.78, 5) is 11.0. The second-order valence-electron chi connectivity index (χ2n) is 2.98. The van der Waals surface area contributed by atoms with Gasteiger partial charge < -0.3 is 14.8 Å².